The number of halogens is 1. The zero-order valence-electron chi connectivity index (χ0n) is 12.6. The maximum Gasteiger partial charge on any atom is 0.276 e. The first kappa shape index (κ1) is 14.8. The van der Waals surface area contributed by atoms with Gasteiger partial charge in [-0.1, -0.05) is 0 Å². The predicted octanol–water partition coefficient (Wildman–Crippen LogP) is 3.57. The van der Waals surface area contributed by atoms with Crippen molar-refractivity contribution in [3.05, 3.63) is 40.5 Å². The van der Waals surface area contributed by atoms with E-state index in [-0.39, 0.29) is 5.91 Å². The third kappa shape index (κ3) is 2.33. The van der Waals surface area contributed by atoms with Gasteiger partial charge >= 0.3 is 0 Å². The summed E-state index contributed by atoms with van der Waals surface area (Å²) in [6, 6.07) is 7.18. The number of anilines is 3. The van der Waals surface area contributed by atoms with E-state index in [4.69, 9.17) is 10.5 Å². The topological polar surface area (TPSA) is 68.5 Å². The summed E-state index contributed by atoms with van der Waals surface area (Å²) >= 11 is 3.39. The average molecular weight is 362 g/mol. The summed E-state index contributed by atoms with van der Waals surface area (Å²) in [6.45, 7) is 5.39. The van der Waals surface area contributed by atoms with Gasteiger partial charge in [-0.05, 0) is 60.5 Å². The molecule has 0 unspecified atom stereocenters. The predicted molar refractivity (Wildman–Crippen MR) is 89.4 cm³/mol. The van der Waals surface area contributed by atoms with Crippen LogP contribution in [0.4, 0.5) is 17.2 Å². The first-order valence-electron chi connectivity index (χ1n) is 6.85. The zero-order valence-corrected chi connectivity index (χ0v) is 14.1. The van der Waals surface area contributed by atoms with Crippen LogP contribution >= 0.6 is 15.9 Å². The van der Waals surface area contributed by atoms with Crippen molar-refractivity contribution in [2.75, 3.05) is 10.6 Å². The largest absolute Gasteiger partial charge is 0.476 e. The number of fused-ring (bicyclic) bond motifs is 1. The average Bonchev–Trinajstić information content (AvgIpc) is 2.41. The van der Waals surface area contributed by atoms with Crippen LogP contribution in [0.3, 0.4) is 0 Å². The smallest absolute Gasteiger partial charge is 0.276 e. The lowest BCUT2D eigenvalue weighted by molar-refractivity contribution is -0.131. The highest BCUT2D eigenvalue weighted by Gasteiger charge is 2.42. The van der Waals surface area contributed by atoms with Gasteiger partial charge in [-0.25, -0.2) is 4.98 Å². The summed E-state index contributed by atoms with van der Waals surface area (Å²) < 4.78 is 6.69. The monoisotopic (exact) mass is 361 g/mol. The van der Waals surface area contributed by atoms with E-state index in [2.05, 4.69) is 20.9 Å². The van der Waals surface area contributed by atoms with Crippen LogP contribution in [0.2, 0.25) is 0 Å². The minimum atomic E-state index is -0.984. The molecule has 2 N–H and O–H groups in total. The van der Waals surface area contributed by atoms with Gasteiger partial charge in [0.2, 0.25) is 0 Å². The number of hydrogen-bond acceptors (Lipinski definition) is 4. The fourth-order valence-corrected chi connectivity index (χ4v) is 2.92. The standard InChI is InChI=1S/C16H16BrN3O2/c1-9-6-10(17)8-19-14(9)20-12-5-4-11(18)7-13(12)22-16(2,3)15(20)21/h4-8H,18H2,1-3H3. The summed E-state index contributed by atoms with van der Waals surface area (Å²) in [5, 5.41) is 0. The van der Waals surface area contributed by atoms with Crippen LogP contribution in [0.15, 0.2) is 34.9 Å². The number of hydrogen-bond donors (Lipinski definition) is 1. The number of carbonyl (C=O) groups excluding carboxylic acids is 1. The fraction of sp³-hybridized carbons (Fsp3) is 0.250. The molecule has 1 aliphatic rings. The normalized spacial score (nSPS) is 16.2. The van der Waals surface area contributed by atoms with Crippen molar-refractivity contribution in [2.45, 2.75) is 26.4 Å². The van der Waals surface area contributed by atoms with Crippen LogP contribution in [0.5, 0.6) is 5.75 Å². The highest BCUT2D eigenvalue weighted by molar-refractivity contribution is 9.10. The van der Waals surface area contributed by atoms with E-state index in [0.29, 0.717) is 22.9 Å². The Morgan fingerprint density at radius 3 is 2.73 bits per heavy atom. The minimum Gasteiger partial charge on any atom is -0.476 e. The van der Waals surface area contributed by atoms with Crippen LogP contribution in [0, 0.1) is 6.92 Å². The van der Waals surface area contributed by atoms with Crippen molar-refractivity contribution in [1.82, 2.24) is 4.98 Å². The van der Waals surface area contributed by atoms with Gasteiger partial charge in [0.15, 0.2) is 5.60 Å². The van der Waals surface area contributed by atoms with Gasteiger partial charge in [-0.2, -0.15) is 0 Å². The third-order valence-corrected chi connectivity index (χ3v) is 3.97. The number of rotatable bonds is 1. The third-order valence-electron chi connectivity index (χ3n) is 3.54. The molecule has 22 heavy (non-hydrogen) atoms. The highest BCUT2D eigenvalue weighted by Crippen LogP contribution is 2.43. The molecule has 0 spiro atoms. The molecular formula is C16H16BrN3O2. The molecule has 1 amide bonds. The van der Waals surface area contributed by atoms with Gasteiger partial charge in [0.25, 0.3) is 5.91 Å². The van der Waals surface area contributed by atoms with E-state index in [1.807, 2.05) is 13.0 Å². The molecule has 2 heterocycles. The summed E-state index contributed by atoms with van der Waals surface area (Å²) in [5.74, 6) is 1.01. The second-order valence-corrected chi connectivity index (χ2v) is 6.69. The molecular weight excluding hydrogens is 346 g/mol. The molecule has 0 bridgehead atoms. The number of aryl methyl sites for hydroxylation is 1. The van der Waals surface area contributed by atoms with Gasteiger partial charge in [0.05, 0.1) is 5.69 Å². The van der Waals surface area contributed by atoms with E-state index < -0.39 is 5.60 Å². The highest BCUT2D eigenvalue weighted by atomic mass is 79.9. The van der Waals surface area contributed by atoms with Gasteiger partial charge in [0, 0.05) is 22.4 Å². The summed E-state index contributed by atoms with van der Waals surface area (Å²) in [7, 11) is 0. The lowest BCUT2D eigenvalue weighted by Crippen LogP contribution is -2.51. The van der Waals surface area contributed by atoms with Crippen LogP contribution < -0.4 is 15.4 Å². The molecule has 2 aromatic rings. The SMILES string of the molecule is Cc1cc(Br)cnc1N1C(=O)C(C)(C)Oc2cc(N)ccc21. The Morgan fingerprint density at radius 1 is 1.32 bits per heavy atom. The Balaban J connectivity index is 2.23. The Hall–Kier alpha value is -2.08. The number of carbonyl (C=O) groups is 1. The molecule has 0 fully saturated rings. The first-order chi connectivity index (χ1) is 10.3. The number of benzene rings is 1. The summed E-state index contributed by atoms with van der Waals surface area (Å²) in [5.41, 5.74) is 6.98. The van der Waals surface area contributed by atoms with E-state index in [9.17, 15) is 4.79 Å². The first-order valence-corrected chi connectivity index (χ1v) is 7.64. The number of nitrogens with zero attached hydrogens (tertiary/aromatic N) is 2. The molecule has 5 nitrogen and oxygen atoms in total. The summed E-state index contributed by atoms with van der Waals surface area (Å²) in [4.78, 5) is 18.9. The maximum absolute atomic E-state index is 12.9. The van der Waals surface area contributed by atoms with E-state index in [1.54, 1.807) is 43.1 Å². The van der Waals surface area contributed by atoms with Crippen molar-refractivity contribution in [3.63, 3.8) is 0 Å². The van der Waals surface area contributed by atoms with E-state index in [0.717, 1.165) is 10.0 Å². The quantitative estimate of drug-likeness (QED) is 0.788. The Kier molecular flexibility index (Phi) is 3.36. The lowest BCUT2D eigenvalue weighted by atomic mass is 10.0. The van der Waals surface area contributed by atoms with Crippen LogP contribution in [-0.2, 0) is 4.79 Å². The molecule has 1 aromatic carbocycles. The number of ether oxygens (including phenoxy) is 1. The van der Waals surface area contributed by atoms with Crippen molar-refractivity contribution >= 4 is 39.0 Å². The van der Waals surface area contributed by atoms with Crippen molar-refractivity contribution in [2.24, 2.45) is 0 Å². The van der Waals surface area contributed by atoms with Gasteiger partial charge in [-0.3, -0.25) is 9.69 Å². The lowest BCUT2D eigenvalue weighted by Gasteiger charge is -2.38. The van der Waals surface area contributed by atoms with Crippen LogP contribution in [-0.4, -0.2) is 16.5 Å². The number of amides is 1. The Labute approximate surface area is 137 Å². The summed E-state index contributed by atoms with van der Waals surface area (Å²) in [6.07, 6.45) is 1.68. The van der Waals surface area contributed by atoms with Crippen LogP contribution in [0.1, 0.15) is 19.4 Å². The minimum absolute atomic E-state index is 0.164. The van der Waals surface area contributed by atoms with Crippen molar-refractivity contribution in [1.29, 1.82) is 0 Å². The number of nitrogen functional groups attached to an aromatic ring is 1. The van der Waals surface area contributed by atoms with Gasteiger partial charge < -0.3 is 10.5 Å². The molecule has 0 atom stereocenters. The van der Waals surface area contributed by atoms with Crippen molar-refractivity contribution in [3.8, 4) is 5.75 Å². The Bertz CT molecular complexity index is 774. The van der Waals surface area contributed by atoms with Gasteiger partial charge in [0.1, 0.15) is 11.6 Å². The second-order valence-electron chi connectivity index (χ2n) is 5.77. The van der Waals surface area contributed by atoms with Gasteiger partial charge in [-0.15, -0.1) is 0 Å². The molecule has 0 saturated carbocycles. The van der Waals surface area contributed by atoms with Crippen LogP contribution in [0.25, 0.3) is 0 Å². The Morgan fingerprint density at radius 2 is 2.05 bits per heavy atom. The number of pyridine rings is 1. The number of nitrogens with two attached hydrogens (primary N) is 1. The van der Waals surface area contributed by atoms with Crippen molar-refractivity contribution < 1.29 is 9.53 Å². The molecule has 0 saturated heterocycles. The molecule has 0 aliphatic carbocycles. The maximum atomic E-state index is 12.9. The number of aromatic nitrogens is 1. The molecule has 1 aliphatic heterocycles. The van der Waals surface area contributed by atoms with E-state index >= 15 is 0 Å². The second kappa shape index (κ2) is 4.98. The molecule has 0 radical (unpaired) electrons. The van der Waals surface area contributed by atoms with E-state index in [1.165, 1.54) is 0 Å². The molecule has 6 heteroatoms. The molecule has 1 aromatic heterocycles. The zero-order chi connectivity index (χ0) is 16.1. The fourth-order valence-electron chi connectivity index (χ4n) is 2.47. The molecule has 114 valence electrons. The molecule has 3 rings (SSSR count).